The van der Waals surface area contributed by atoms with Crippen molar-refractivity contribution in [2.75, 3.05) is 24.6 Å². The van der Waals surface area contributed by atoms with Crippen LogP contribution in [0.4, 0.5) is 18.3 Å². The Morgan fingerprint density at radius 2 is 2.00 bits per heavy atom. The van der Waals surface area contributed by atoms with Gasteiger partial charge in [-0.05, 0) is 30.9 Å². The van der Waals surface area contributed by atoms with Crippen molar-refractivity contribution in [3.8, 4) is 5.75 Å². The van der Waals surface area contributed by atoms with Crippen molar-refractivity contribution < 1.29 is 17.9 Å². The maximum Gasteiger partial charge on any atom is 0.433 e. The zero-order valence-electron chi connectivity index (χ0n) is 14.3. The van der Waals surface area contributed by atoms with E-state index >= 15 is 0 Å². The highest BCUT2D eigenvalue weighted by atomic mass is 32.1. The van der Waals surface area contributed by atoms with E-state index in [-0.39, 0.29) is 5.75 Å². The molecule has 4 heterocycles. The number of anilines is 1. The molecule has 0 radical (unpaired) electrons. The molecule has 0 aromatic carbocycles. The Kier molecular flexibility index (Phi) is 4.86. The summed E-state index contributed by atoms with van der Waals surface area (Å²) in [6.45, 7) is 2.11. The molecule has 27 heavy (non-hydrogen) atoms. The van der Waals surface area contributed by atoms with Gasteiger partial charge >= 0.3 is 6.18 Å². The van der Waals surface area contributed by atoms with Crippen molar-refractivity contribution in [1.82, 2.24) is 15.0 Å². The normalized spacial score (nSPS) is 16.0. The molecule has 1 aliphatic heterocycles. The largest absolute Gasteiger partial charge is 0.493 e. The minimum absolute atomic E-state index is 0.207. The third-order valence-corrected chi connectivity index (χ3v) is 5.67. The highest BCUT2D eigenvalue weighted by Crippen LogP contribution is 2.32. The Balaban J connectivity index is 1.32. The number of aromatic nitrogens is 3. The molecule has 1 aliphatic rings. The molecule has 3 aromatic rings. The van der Waals surface area contributed by atoms with E-state index in [1.54, 1.807) is 23.7 Å². The third-order valence-electron chi connectivity index (χ3n) is 4.57. The predicted molar refractivity (Wildman–Crippen MR) is 97.1 cm³/mol. The zero-order chi connectivity index (χ0) is 18.9. The Hall–Kier alpha value is -2.42. The second-order valence-electron chi connectivity index (χ2n) is 6.46. The van der Waals surface area contributed by atoms with Crippen LogP contribution in [0.5, 0.6) is 5.75 Å². The van der Waals surface area contributed by atoms with Crippen molar-refractivity contribution in [1.29, 1.82) is 0 Å². The number of alkyl halides is 3. The summed E-state index contributed by atoms with van der Waals surface area (Å²) in [4.78, 5) is 14.3. The Morgan fingerprint density at radius 1 is 1.19 bits per heavy atom. The molecular formula is C18H17F3N4OS. The highest BCUT2D eigenvalue weighted by molar-refractivity contribution is 7.22. The van der Waals surface area contributed by atoms with Gasteiger partial charge < -0.3 is 9.64 Å². The lowest BCUT2D eigenvalue weighted by molar-refractivity contribution is -0.141. The summed E-state index contributed by atoms with van der Waals surface area (Å²) < 4.78 is 44.8. The van der Waals surface area contributed by atoms with Crippen LogP contribution in [0.2, 0.25) is 0 Å². The number of pyridine rings is 2. The molecule has 0 unspecified atom stereocenters. The topological polar surface area (TPSA) is 51.1 Å². The average molecular weight is 394 g/mol. The van der Waals surface area contributed by atoms with E-state index in [2.05, 4.69) is 19.9 Å². The van der Waals surface area contributed by atoms with Gasteiger partial charge in [-0.3, -0.25) is 9.97 Å². The van der Waals surface area contributed by atoms with E-state index in [0.29, 0.717) is 12.5 Å². The van der Waals surface area contributed by atoms with Crippen molar-refractivity contribution in [3.63, 3.8) is 0 Å². The molecule has 0 spiro atoms. The summed E-state index contributed by atoms with van der Waals surface area (Å²) >= 11 is 1.65. The second kappa shape index (κ2) is 7.30. The van der Waals surface area contributed by atoms with E-state index in [1.165, 1.54) is 6.07 Å². The lowest BCUT2D eigenvalue weighted by atomic mass is 9.98. The van der Waals surface area contributed by atoms with Gasteiger partial charge in [-0.1, -0.05) is 11.3 Å². The molecule has 0 aliphatic carbocycles. The fraction of sp³-hybridized carbons (Fsp3) is 0.389. The minimum Gasteiger partial charge on any atom is -0.493 e. The van der Waals surface area contributed by atoms with Crippen molar-refractivity contribution in [2.45, 2.75) is 19.0 Å². The van der Waals surface area contributed by atoms with Crippen LogP contribution in [0.1, 0.15) is 18.5 Å². The molecule has 1 fully saturated rings. The Labute approximate surface area is 157 Å². The smallest absolute Gasteiger partial charge is 0.433 e. The van der Waals surface area contributed by atoms with E-state index in [0.717, 1.165) is 53.5 Å². The third kappa shape index (κ3) is 4.13. The molecule has 0 atom stereocenters. The van der Waals surface area contributed by atoms with Crippen LogP contribution in [-0.2, 0) is 6.18 Å². The van der Waals surface area contributed by atoms with Gasteiger partial charge in [0.2, 0.25) is 0 Å². The number of thiazole rings is 1. The number of ether oxygens (including phenoxy) is 1. The highest BCUT2D eigenvalue weighted by Gasteiger charge is 2.32. The van der Waals surface area contributed by atoms with Gasteiger partial charge in [0, 0.05) is 31.5 Å². The first-order chi connectivity index (χ1) is 13.0. The van der Waals surface area contributed by atoms with Gasteiger partial charge in [-0.25, -0.2) is 4.98 Å². The zero-order valence-corrected chi connectivity index (χ0v) is 15.1. The van der Waals surface area contributed by atoms with E-state index < -0.39 is 11.9 Å². The number of hydrogen-bond acceptors (Lipinski definition) is 6. The van der Waals surface area contributed by atoms with Crippen LogP contribution in [0.3, 0.4) is 0 Å². The number of nitrogens with zero attached hydrogens (tertiary/aromatic N) is 4. The molecule has 4 rings (SSSR count). The summed E-state index contributed by atoms with van der Waals surface area (Å²) in [5.41, 5.74) is -0.0266. The van der Waals surface area contributed by atoms with Gasteiger partial charge in [-0.15, -0.1) is 0 Å². The number of hydrogen-bond donors (Lipinski definition) is 0. The summed E-state index contributed by atoms with van der Waals surface area (Å²) in [5.74, 6) is 0.512. The lowest BCUT2D eigenvalue weighted by Gasteiger charge is -2.31. The molecule has 9 heteroatoms. The number of rotatable bonds is 4. The van der Waals surface area contributed by atoms with Crippen molar-refractivity contribution >= 4 is 26.7 Å². The molecule has 0 amide bonds. The van der Waals surface area contributed by atoms with Crippen LogP contribution in [-0.4, -0.2) is 34.6 Å². The summed E-state index contributed by atoms with van der Waals surface area (Å²) in [6.07, 6.45) is 2.01. The first kappa shape index (κ1) is 18.0. The van der Waals surface area contributed by atoms with Crippen LogP contribution < -0.4 is 9.64 Å². The van der Waals surface area contributed by atoms with E-state index in [4.69, 9.17) is 4.74 Å². The molecule has 0 saturated carbocycles. The summed E-state index contributed by atoms with van der Waals surface area (Å²) in [7, 11) is 0. The SMILES string of the molecule is FC(F)(F)c1cc(OCC2CCN(c3nc4cnccc4s3)CC2)ccn1. The molecular weight excluding hydrogens is 377 g/mol. The van der Waals surface area contributed by atoms with Gasteiger partial charge in [0.05, 0.1) is 17.5 Å². The van der Waals surface area contributed by atoms with Gasteiger partial charge in [0.25, 0.3) is 0 Å². The molecule has 142 valence electrons. The van der Waals surface area contributed by atoms with Crippen LogP contribution in [0, 0.1) is 5.92 Å². The average Bonchev–Trinajstić information content (AvgIpc) is 3.10. The fourth-order valence-corrected chi connectivity index (χ4v) is 4.05. The molecule has 3 aromatic heterocycles. The van der Waals surface area contributed by atoms with Crippen LogP contribution in [0.25, 0.3) is 10.2 Å². The molecule has 5 nitrogen and oxygen atoms in total. The first-order valence-electron chi connectivity index (χ1n) is 8.60. The minimum atomic E-state index is -4.46. The van der Waals surface area contributed by atoms with Crippen LogP contribution >= 0.6 is 11.3 Å². The van der Waals surface area contributed by atoms with Crippen molar-refractivity contribution in [3.05, 3.63) is 42.5 Å². The van der Waals surface area contributed by atoms with Gasteiger partial charge in [0.1, 0.15) is 17.0 Å². The maximum absolute atomic E-state index is 12.7. The van der Waals surface area contributed by atoms with E-state index in [9.17, 15) is 13.2 Å². The van der Waals surface area contributed by atoms with E-state index in [1.807, 2.05) is 6.07 Å². The number of piperidine rings is 1. The molecule has 0 N–H and O–H groups in total. The maximum atomic E-state index is 12.7. The molecule has 1 saturated heterocycles. The monoisotopic (exact) mass is 394 g/mol. The van der Waals surface area contributed by atoms with Crippen molar-refractivity contribution in [2.24, 2.45) is 5.92 Å². The molecule has 0 bridgehead atoms. The lowest BCUT2D eigenvalue weighted by Crippen LogP contribution is -2.35. The standard InChI is InChI=1S/C18H17F3N4OS/c19-18(20,21)16-9-13(1-6-23-16)26-11-12-3-7-25(8-4-12)17-24-14-10-22-5-2-15(14)27-17/h1-2,5-6,9-10,12H,3-4,7-8,11H2. The second-order valence-corrected chi connectivity index (χ2v) is 7.46. The van der Waals surface area contributed by atoms with Crippen LogP contribution in [0.15, 0.2) is 36.8 Å². The summed E-state index contributed by atoms with van der Waals surface area (Å²) in [5, 5.41) is 0.987. The van der Waals surface area contributed by atoms with Gasteiger partial charge in [-0.2, -0.15) is 13.2 Å². The summed E-state index contributed by atoms with van der Waals surface area (Å²) in [6, 6.07) is 4.37. The number of fused-ring (bicyclic) bond motifs is 1. The van der Waals surface area contributed by atoms with Gasteiger partial charge in [0.15, 0.2) is 5.13 Å². The Bertz CT molecular complexity index is 889. The quantitative estimate of drug-likeness (QED) is 0.657. The Morgan fingerprint density at radius 3 is 2.74 bits per heavy atom. The predicted octanol–water partition coefficient (Wildman–Crippen LogP) is 4.40. The fourth-order valence-electron chi connectivity index (χ4n) is 3.06. The first-order valence-corrected chi connectivity index (χ1v) is 9.42. The number of halogens is 3.